The highest BCUT2D eigenvalue weighted by Crippen LogP contribution is 2.53. The molecule has 268 valence electrons. The first kappa shape index (κ1) is 35.6. The van der Waals surface area contributed by atoms with Crippen LogP contribution in [0.15, 0.2) is 79.4 Å². The Hall–Kier alpha value is -5.24. The first-order chi connectivity index (χ1) is 24.5. The van der Waals surface area contributed by atoms with Crippen molar-refractivity contribution < 1.29 is 37.1 Å². The zero-order chi connectivity index (χ0) is 36.3. The van der Waals surface area contributed by atoms with Crippen molar-refractivity contribution in [3.63, 3.8) is 0 Å². The number of hydrogen-bond acceptors (Lipinski definition) is 9. The average molecular weight is 716 g/mol. The van der Waals surface area contributed by atoms with Gasteiger partial charge in [0, 0.05) is 36.0 Å². The number of carbonyl (C=O) groups is 4. The molecule has 13 nitrogen and oxygen atoms in total. The molecule has 4 atom stereocenters. The number of rotatable bonds is 14. The lowest BCUT2D eigenvalue weighted by molar-refractivity contribution is -0.138. The maximum absolute atomic E-state index is 13.9. The molecule has 0 bridgehead atoms. The molecule has 2 saturated carbocycles. The molecule has 1 aromatic heterocycles. The molecular weight excluding hydrogens is 675 g/mol. The first-order valence-electron chi connectivity index (χ1n) is 16.8. The van der Waals surface area contributed by atoms with E-state index in [1.165, 1.54) is 11.0 Å². The van der Waals surface area contributed by atoms with Gasteiger partial charge in [0.25, 0.3) is 0 Å². The fourth-order valence-electron chi connectivity index (χ4n) is 6.46. The summed E-state index contributed by atoms with van der Waals surface area (Å²) in [5.41, 5.74) is 0.983. The van der Waals surface area contributed by atoms with Crippen LogP contribution in [-0.2, 0) is 29.2 Å². The summed E-state index contributed by atoms with van der Waals surface area (Å²) in [6.45, 7) is 5.00. The molecule has 3 aromatic rings. The fourth-order valence-corrected chi connectivity index (χ4v) is 7.85. The zero-order valence-electron chi connectivity index (χ0n) is 28.5. The highest BCUT2D eigenvalue weighted by molar-refractivity contribution is 7.90. The number of amides is 4. The summed E-state index contributed by atoms with van der Waals surface area (Å²) < 4.78 is 39.3. The van der Waals surface area contributed by atoms with E-state index >= 15 is 0 Å². The van der Waals surface area contributed by atoms with Crippen LogP contribution in [0.25, 0.3) is 22.2 Å². The van der Waals surface area contributed by atoms with Crippen LogP contribution in [0.1, 0.15) is 32.6 Å². The lowest BCUT2D eigenvalue weighted by Crippen LogP contribution is -2.51. The second-order valence-corrected chi connectivity index (χ2v) is 15.1. The van der Waals surface area contributed by atoms with Gasteiger partial charge >= 0.3 is 0 Å². The smallest absolute Gasteiger partial charge is 0.244 e. The Morgan fingerprint density at radius 2 is 1.84 bits per heavy atom. The highest BCUT2D eigenvalue weighted by Gasteiger charge is 2.60. The average Bonchev–Trinajstić information content (AvgIpc) is 4.06. The third-order valence-corrected chi connectivity index (χ3v) is 11.4. The lowest BCUT2D eigenvalue weighted by atomic mass is 10.0. The second kappa shape index (κ2) is 14.5. The van der Waals surface area contributed by atoms with E-state index in [9.17, 15) is 27.6 Å². The zero-order valence-corrected chi connectivity index (χ0v) is 29.3. The number of fused-ring (bicyclic) bond motifs is 1. The lowest BCUT2D eigenvalue weighted by Gasteiger charge is -2.25. The third-order valence-electron chi connectivity index (χ3n) is 9.61. The van der Waals surface area contributed by atoms with E-state index in [0.29, 0.717) is 47.4 Å². The van der Waals surface area contributed by atoms with Gasteiger partial charge in [-0.15, -0.1) is 6.58 Å². The molecule has 6 rings (SSSR count). The van der Waals surface area contributed by atoms with Gasteiger partial charge in [-0.1, -0.05) is 42.5 Å². The SMILES string of the molecule is C=C[C@@H]1C[C@]1(CNC(=O)[C@@H]1C[C@@H](Oc2cc(-c3ccccc3)nc3cc(OC)ccc23)CN1C(=O)CNC(=O)/C=C/C)C(=O)NS(=O)(=O)C1CC1. The van der Waals surface area contributed by atoms with Crippen LogP contribution in [0.2, 0.25) is 0 Å². The number of likely N-dealkylation sites (tertiary alicyclic amines) is 1. The van der Waals surface area contributed by atoms with Gasteiger partial charge in [0.05, 0.1) is 42.1 Å². The number of allylic oxidation sites excluding steroid dienone is 2. The topological polar surface area (TPSA) is 173 Å². The van der Waals surface area contributed by atoms with Crippen LogP contribution in [0.3, 0.4) is 0 Å². The molecule has 1 aliphatic heterocycles. The van der Waals surface area contributed by atoms with E-state index in [2.05, 4.69) is 21.9 Å². The van der Waals surface area contributed by atoms with Crippen molar-refractivity contribution in [2.45, 2.75) is 50.0 Å². The van der Waals surface area contributed by atoms with Gasteiger partial charge in [-0.3, -0.25) is 23.9 Å². The number of nitrogens with zero attached hydrogens (tertiary/aromatic N) is 2. The normalized spacial score (nSPS) is 22.7. The van der Waals surface area contributed by atoms with E-state index in [-0.39, 0.29) is 32.0 Å². The molecule has 0 radical (unpaired) electrons. The van der Waals surface area contributed by atoms with Crippen LogP contribution >= 0.6 is 0 Å². The van der Waals surface area contributed by atoms with Gasteiger partial charge in [0.2, 0.25) is 33.7 Å². The Balaban J connectivity index is 1.24. The molecule has 1 saturated heterocycles. The number of aromatic nitrogens is 1. The summed E-state index contributed by atoms with van der Waals surface area (Å²) in [5, 5.41) is 5.49. The predicted molar refractivity (Wildman–Crippen MR) is 190 cm³/mol. The number of hydrogen-bond donors (Lipinski definition) is 3. The number of sulfonamides is 1. The van der Waals surface area contributed by atoms with Crippen LogP contribution < -0.4 is 24.8 Å². The minimum Gasteiger partial charge on any atom is -0.497 e. The summed E-state index contributed by atoms with van der Waals surface area (Å²) in [7, 11) is -2.23. The molecule has 51 heavy (non-hydrogen) atoms. The van der Waals surface area contributed by atoms with Crippen molar-refractivity contribution in [2.75, 3.05) is 26.7 Å². The van der Waals surface area contributed by atoms with Gasteiger partial charge in [-0.05, 0) is 50.3 Å². The molecule has 3 aliphatic rings. The standard InChI is InChI=1S/C37H41N5O8S/c1-4-9-33(43)38-20-34(44)42-21-26(50-32-18-29(23-10-7-6-8-11-23)40-30-16-25(49-3)12-15-28(30)32)17-31(42)35(45)39-22-37(19-24(37)5-2)36(46)41-51(47,48)27-13-14-27/h4-12,15-16,18,24,26-27,31H,2,13-14,17,19-22H2,1,3H3,(H,38,43)(H,39,45)(H,41,46)/b9-4+/t24-,26-,31+,37-/m1/s1. The van der Waals surface area contributed by atoms with Gasteiger partial charge < -0.3 is 25.0 Å². The summed E-state index contributed by atoms with van der Waals surface area (Å²) in [4.78, 5) is 58.9. The Labute approximate surface area is 296 Å². The maximum Gasteiger partial charge on any atom is 0.244 e. The molecule has 0 unspecified atom stereocenters. The fraction of sp³-hybridized carbons (Fsp3) is 0.378. The summed E-state index contributed by atoms with van der Waals surface area (Å²) >= 11 is 0. The van der Waals surface area contributed by atoms with Crippen molar-refractivity contribution in [2.24, 2.45) is 11.3 Å². The van der Waals surface area contributed by atoms with Gasteiger partial charge in [-0.25, -0.2) is 13.4 Å². The number of benzene rings is 2. The molecule has 2 aliphatic carbocycles. The van der Waals surface area contributed by atoms with Crippen molar-refractivity contribution in [3.05, 3.63) is 79.4 Å². The van der Waals surface area contributed by atoms with Crippen molar-refractivity contribution in [1.82, 2.24) is 25.2 Å². The highest BCUT2D eigenvalue weighted by atomic mass is 32.2. The van der Waals surface area contributed by atoms with E-state index < -0.39 is 56.5 Å². The van der Waals surface area contributed by atoms with Crippen LogP contribution in [-0.4, -0.2) is 86.1 Å². The number of ether oxygens (including phenoxy) is 2. The number of nitrogens with one attached hydrogen (secondary N) is 3. The van der Waals surface area contributed by atoms with E-state index in [4.69, 9.17) is 14.5 Å². The van der Waals surface area contributed by atoms with Gasteiger partial charge in [-0.2, -0.15) is 0 Å². The summed E-state index contributed by atoms with van der Waals surface area (Å²) in [5.74, 6) is -1.37. The number of pyridine rings is 1. The van der Waals surface area contributed by atoms with Gasteiger partial charge in [0.1, 0.15) is 23.6 Å². The third kappa shape index (κ3) is 7.75. The van der Waals surface area contributed by atoms with Crippen LogP contribution in [0.4, 0.5) is 0 Å². The quantitative estimate of drug-likeness (QED) is 0.168. The van der Waals surface area contributed by atoms with Crippen molar-refractivity contribution in [1.29, 1.82) is 0 Å². The summed E-state index contributed by atoms with van der Waals surface area (Å²) in [6, 6.07) is 15.8. The Morgan fingerprint density at radius 1 is 1.08 bits per heavy atom. The minimum atomic E-state index is -3.80. The minimum absolute atomic E-state index is 0.0393. The number of carbonyl (C=O) groups excluding carboxylic acids is 4. The Morgan fingerprint density at radius 3 is 2.51 bits per heavy atom. The van der Waals surface area contributed by atoms with Gasteiger partial charge in [0.15, 0.2) is 0 Å². The van der Waals surface area contributed by atoms with Crippen LogP contribution in [0, 0.1) is 11.3 Å². The van der Waals surface area contributed by atoms with Crippen molar-refractivity contribution in [3.8, 4) is 22.8 Å². The molecule has 2 heterocycles. The molecule has 4 amide bonds. The largest absolute Gasteiger partial charge is 0.497 e. The van der Waals surface area contributed by atoms with E-state index in [1.807, 2.05) is 42.5 Å². The van der Waals surface area contributed by atoms with Crippen LogP contribution in [0.5, 0.6) is 11.5 Å². The Bertz CT molecular complexity index is 2000. The molecule has 14 heteroatoms. The molecule has 2 aromatic carbocycles. The van der Waals surface area contributed by atoms with E-state index in [0.717, 1.165) is 5.56 Å². The predicted octanol–water partition coefficient (Wildman–Crippen LogP) is 2.87. The van der Waals surface area contributed by atoms with Crippen molar-refractivity contribution >= 4 is 44.6 Å². The second-order valence-electron chi connectivity index (χ2n) is 13.1. The molecule has 3 N–H and O–H groups in total. The maximum atomic E-state index is 13.9. The molecule has 0 spiro atoms. The first-order valence-corrected chi connectivity index (χ1v) is 18.4. The monoisotopic (exact) mass is 715 g/mol. The molecule has 3 fully saturated rings. The summed E-state index contributed by atoms with van der Waals surface area (Å²) in [6.07, 6.45) is 5.22. The van der Waals surface area contributed by atoms with E-state index in [1.54, 1.807) is 38.3 Å². The Kier molecular flexibility index (Phi) is 10.1. The number of methoxy groups -OCH3 is 1. The molecular formula is C37H41N5O8S.